The average molecular weight is 358 g/mol. The summed E-state index contributed by atoms with van der Waals surface area (Å²) in [5.41, 5.74) is 1.05. The lowest BCUT2D eigenvalue weighted by Crippen LogP contribution is -2.32. The van der Waals surface area contributed by atoms with Crippen LogP contribution >= 0.6 is 11.8 Å². The fourth-order valence-corrected chi connectivity index (χ4v) is 3.80. The Morgan fingerprint density at radius 3 is 2.80 bits per heavy atom. The van der Waals surface area contributed by atoms with Gasteiger partial charge in [-0.25, -0.2) is 0 Å². The standard InChI is InChI=1S/C18H22N4O2S/c23-16(19-11-15-7-4-10-24-15)12-25-18-21-20-17(13-8-9-13)22(18)14-5-2-1-3-6-14/h1-3,5-6,13,15H,4,7-12H2,(H,19,23). The van der Waals surface area contributed by atoms with E-state index in [2.05, 4.69) is 32.2 Å². The number of aromatic nitrogens is 3. The second kappa shape index (κ2) is 7.58. The molecule has 25 heavy (non-hydrogen) atoms. The van der Waals surface area contributed by atoms with Crippen LogP contribution in [0, 0.1) is 0 Å². The molecule has 1 aliphatic heterocycles. The Bertz CT molecular complexity index is 724. The lowest BCUT2D eigenvalue weighted by molar-refractivity contribution is -0.119. The summed E-state index contributed by atoms with van der Waals surface area (Å²) in [5.74, 6) is 1.85. The summed E-state index contributed by atoms with van der Waals surface area (Å²) >= 11 is 1.43. The number of ether oxygens (including phenoxy) is 1. The number of benzene rings is 1. The predicted octanol–water partition coefficient (Wildman–Crippen LogP) is 2.53. The number of para-hydroxylation sites is 1. The number of hydrogen-bond donors (Lipinski definition) is 1. The highest BCUT2D eigenvalue weighted by molar-refractivity contribution is 7.99. The quantitative estimate of drug-likeness (QED) is 0.770. The van der Waals surface area contributed by atoms with Crippen molar-refractivity contribution in [3.63, 3.8) is 0 Å². The third kappa shape index (κ3) is 4.04. The van der Waals surface area contributed by atoms with E-state index in [4.69, 9.17) is 4.74 Å². The SMILES string of the molecule is O=C(CSc1nnc(C2CC2)n1-c1ccccc1)NCC1CCCO1. The summed E-state index contributed by atoms with van der Waals surface area (Å²) in [6.07, 6.45) is 4.61. The van der Waals surface area contributed by atoms with Gasteiger partial charge < -0.3 is 10.1 Å². The van der Waals surface area contributed by atoms with Crippen LogP contribution in [0.4, 0.5) is 0 Å². The lowest BCUT2D eigenvalue weighted by Gasteiger charge is -2.11. The van der Waals surface area contributed by atoms with Crippen molar-refractivity contribution in [2.75, 3.05) is 18.9 Å². The molecule has 1 aliphatic carbocycles. The summed E-state index contributed by atoms with van der Waals surface area (Å²) in [6.45, 7) is 1.40. The van der Waals surface area contributed by atoms with Gasteiger partial charge in [0, 0.05) is 24.8 Å². The van der Waals surface area contributed by atoms with E-state index in [0.29, 0.717) is 18.2 Å². The number of rotatable bonds is 7. The smallest absolute Gasteiger partial charge is 0.230 e. The van der Waals surface area contributed by atoms with Crippen LogP contribution in [-0.4, -0.2) is 45.7 Å². The zero-order valence-corrected chi connectivity index (χ0v) is 14.9. The molecule has 1 aromatic carbocycles. The first kappa shape index (κ1) is 16.6. The second-order valence-corrected chi connectivity index (χ2v) is 7.46. The normalized spacial score (nSPS) is 19.9. The van der Waals surface area contributed by atoms with Gasteiger partial charge in [-0.15, -0.1) is 10.2 Å². The van der Waals surface area contributed by atoms with Crippen LogP contribution in [0.3, 0.4) is 0 Å². The van der Waals surface area contributed by atoms with E-state index in [9.17, 15) is 4.79 Å². The molecule has 0 spiro atoms. The van der Waals surface area contributed by atoms with E-state index in [1.165, 1.54) is 11.8 Å². The molecule has 2 aliphatic rings. The van der Waals surface area contributed by atoms with Gasteiger partial charge in [0.25, 0.3) is 0 Å². The maximum Gasteiger partial charge on any atom is 0.230 e. The van der Waals surface area contributed by atoms with E-state index < -0.39 is 0 Å². The molecule has 0 radical (unpaired) electrons. The molecular weight excluding hydrogens is 336 g/mol. The van der Waals surface area contributed by atoms with Crippen molar-refractivity contribution in [2.24, 2.45) is 0 Å². The Morgan fingerprint density at radius 1 is 1.24 bits per heavy atom. The highest BCUT2D eigenvalue weighted by Gasteiger charge is 2.31. The van der Waals surface area contributed by atoms with Gasteiger partial charge in [0.05, 0.1) is 11.9 Å². The molecule has 2 fully saturated rings. The van der Waals surface area contributed by atoms with E-state index in [0.717, 1.165) is 49.0 Å². The van der Waals surface area contributed by atoms with Crippen LogP contribution in [0.5, 0.6) is 0 Å². The Labute approximate surface area is 151 Å². The third-order valence-electron chi connectivity index (χ3n) is 4.50. The molecule has 7 heteroatoms. The fraction of sp³-hybridized carbons (Fsp3) is 0.500. The molecule has 4 rings (SSSR count). The van der Waals surface area contributed by atoms with Crippen molar-refractivity contribution in [1.82, 2.24) is 20.1 Å². The number of hydrogen-bond acceptors (Lipinski definition) is 5. The van der Waals surface area contributed by atoms with Gasteiger partial charge in [-0.05, 0) is 37.8 Å². The lowest BCUT2D eigenvalue weighted by atomic mass is 10.2. The van der Waals surface area contributed by atoms with Crippen LogP contribution < -0.4 is 5.32 Å². The fourth-order valence-electron chi connectivity index (χ4n) is 3.01. The molecule has 2 heterocycles. The maximum absolute atomic E-state index is 12.1. The number of nitrogens with one attached hydrogen (secondary N) is 1. The predicted molar refractivity (Wildman–Crippen MR) is 96.0 cm³/mol. The van der Waals surface area contributed by atoms with Gasteiger partial charge in [-0.3, -0.25) is 9.36 Å². The molecule has 0 bridgehead atoms. The van der Waals surface area contributed by atoms with Crippen molar-refractivity contribution in [2.45, 2.75) is 42.9 Å². The van der Waals surface area contributed by atoms with Gasteiger partial charge in [-0.1, -0.05) is 30.0 Å². The first-order chi connectivity index (χ1) is 12.3. The van der Waals surface area contributed by atoms with Gasteiger partial charge >= 0.3 is 0 Å². The molecule has 1 atom stereocenters. The molecule has 1 aromatic heterocycles. The number of carbonyl (C=O) groups is 1. The van der Waals surface area contributed by atoms with Crippen LogP contribution in [0.1, 0.15) is 37.4 Å². The minimum absolute atomic E-state index is 0.0103. The van der Waals surface area contributed by atoms with Crippen LogP contribution in [0.15, 0.2) is 35.5 Å². The topological polar surface area (TPSA) is 69.0 Å². The van der Waals surface area contributed by atoms with Crippen LogP contribution in [0.25, 0.3) is 5.69 Å². The largest absolute Gasteiger partial charge is 0.376 e. The van der Waals surface area contributed by atoms with E-state index in [-0.39, 0.29) is 12.0 Å². The van der Waals surface area contributed by atoms with Gasteiger partial charge in [0.2, 0.25) is 5.91 Å². The summed E-state index contributed by atoms with van der Waals surface area (Å²) in [6, 6.07) is 10.1. The number of amides is 1. The third-order valence-corrected chi connectivity index (χ3v) is 5.43. The summed E-state index contributed by atoms with van der Waals surface area (Å²) in [4.78, 5) is 12.1. The maximum atomic E-state index is 12.1. The first-order valence-corrected chi connectivity index (χ1v) is 9.81. The summed E-state index contributed by atoms with van der Waals surface area (Å²) in [7, 11) is 0. The summed E-state index contributed by atoms with van der Waals surface area (Å²) in [5, 5.41) is 12.4. The van der Waals surface area contributed by atoms with Gasteiger partial charge in [0.1, 0.15) is 5.82 Å². The minimum Gasteiger partial charge on any atom is -0.376 e. The Kier molecular flexibility index (Phi) is 5.03. The minimum atomic E-state index is 0.0103. The number of thioether (sulfide) groups is 1. The molecule has 2 aromatic rings. The molecule has 1 saturated heterocycles. The van der Waals surface area contributed by atoms with Crippen LogP contribution in [-0.2, 0) is 9.53 Å². The van der Waals surface area contributed by atoms with Gasteiger partial charge in [-0.2, -0.15) is 0 Å². The zero-order chi connectivity index (χ0) is 17.1. The highest BCUT2D eigenvalue weighted by atomic mass is 32.2. The van der Waals surface area contributed by atoms with Crippen LogP contribution in [0.2, 0.25) is 0 Å². The van der Waals surface area contributed by atoms with Crippen molar-refractivity contribution in [3.05, 3.63) is 36.2 Å². The van der Waals surface area contributed by atoms with E-state index in [1.807, 2.05) is 18.2 Å². The van der Waals surface area contributed by atoms with Crippen molar-refractivity contribution < 1.29 is 9.53 Å². The number of carbonyl (C=O) groups excluding carboxylic acids is 1. The Morgan fingerprint density at radius 2 is 2.08 bits per heavy atom. The highest BCUT2D eigenvalue weighted by Crippen LogP contribution is 2.41. The molecule has 1 amide bonds. The Hall–Kier alpha value is -1.86. The van der Waals surface area contributed by atoms with Crippen molar-refractivity contribution in [3.8, 4) is 5.69 Å². The van der Waals surface area contributed by atoms with Gasteiger partial charge in [0.15, 0.2) is 5.16 Å². The molecule has 1 N–H and O–H groups in total. The molecular formula is C18H22N4O2S. The second-order valence-electron chi connectivity index (χ2n) is 6.51. The molecule has 1 unspecified atom stereocenters. The van der Waals surface area contributed by atoms with E-state index >= 15 is 0 Å². The Balaban J connectivity index is 1.41. The summed E-state index contributed by atoms with van der Waals surface area (Å²) < 4.78 is 7.62. The zero-order valence-electron chi connectivity index (χ0n) is 14.1. The molecule has 132 valence electrons. The first-order valence-electron chi connectivity index (χ1n) is 8.83. The van der Waals surface area contributed by atoms with E-state index in [1.54, 1.807) is 0 Å². The van der Waals surface area contributed by atoms with Crippen molar-refractivity contribution in [1.29, 1.82) is 0 Å². The van der Waals surface area contributed by atoms with Crippen molar-refractivity contribution >= 4 is 17.7 Å². The molecule has 1 saturated carbocycles. The molecule has 6 nitrogen and oxygen atoms in total. The number of nitrogens with zero attached hydrogens (tertiary/aromatic N) is 3. The monoisotopic (exact) mass is 358 g/mol. The average Bonchev–Trinajstić information content (AvgIpc) is 3.19.